The Labute approximate surface area is 208 Å². The first-order chi connectivity index (χ1) is 17.0. The summed E-state index contributed by atoms with van der Waals surface area (Å²) in [5.74, 6) is 2.75. The third-order valence-corrected chi connectivity index (χ3v) is 8.31. The van der Waals surface area contributed by atoms with Crippen LogP contribution in [-0.2, 0) is 13.0 Å². The summed E-state index contributed by atoms with van der Waals surface area (Å²) < 4.78 is 7.49. The number of fused-ring (bicyclic) bond motifs is 9. The van der Waals surface area contributed by atoms with Gasteiger partial charge in [-0.2, -0.15) is 0 Å². The molecule has 0 amide bonds. The predicted molar refractivity (Wildman–Crippen MR) is 146 cm³/mol. The summed E-state index contributed by atoms with van der Waals surface area (Å²) >= 11 is 1.81. The molecule has 5 aromatic rings. The molecule has 0 aliphatic carbocycles. The molecule has 5 heteroatoms. The number of ether oxygens (including phenoxy) is 1. The normalized spacial score (nSPS) is 14.4. The van der Waals surface area contributed by atoms with Crippen molar-refractivity contribution in [2.75, 3.05) is 0 Å². The zero-order chi connectivity index (χ0) is 23.8. The average Bonchev–Trinajstić information content (AvgIpc) is 3.61. The second-order valence-corrected chi connectivity index (χ2v) is 11.2. The lowest BCUT2D eigenvalue weighted by molar-refractivity contribution is 0.298. The van der Waals surface area contributed by atoms with Crippen molar-refractivity contribution in [3.8, 4) is 28.1 Å². The molecule has 2 aromatic heterocycles. The van der Waals surface area contributed by atoms with E-state index in [1.165, 1.54) is 43.4 Å². The molecule has 174 valence electrons. The summed E-state index contributed by atoms with van der Waals surface area (Å²) in [6.45, 7) is 9.33. The highest BCUT2D eigenvalue weighted by Crippen LogP contribution is 2.46. The van der Waals surface area contributed by atoms with E-state index in [1.807, 2.05) is 11.3 Å². The van der Waals surface area contributed by atoms with E-state index in [9.17, 15) is 0 Å². The minimum atomic E-state index is 0.360. The van der Waals surface area contributed by atoms with Gasteiger partial charge in [-0.3, -0.25) is 4.99 Å². The van der Waals surface area contributed by atoms with Crippen LogP contribution in [0.5, 0.6) is 5.75 Å². The first-order valence-corrected chi connectivity index (χ1v) is 13.3. The van der Waals surface area contributed by atoms with Gasteiger partial charge in [-0.05, 0) is 57.6 Å². The second kappa shape index (κ2) is 7.53. The first-order valence-electron chi connectivity index (χ1n) is 12.4. The Morgan fingerprint density at radius 3 is 2.57 bits per heavy atom. The molecule has 0 saturated heterocycles. The Morgan fingerprint density at radius 2 is 1.74 bits per heavy atom. The minimum Gasteiger partial charge on any atom is -0.487 e. The van der Waals surface area contributed by atoms with Gasteiger partial charge < -0.3 is 9.72 Å². The number of hydrogen-bond acceptors (Lipinski definition) is 4. The van der Waals surface area contributed by atoms with Crippen molar-refractivity contribution < 1.29 is 4.74 Å². The molecule has 0 fully saturated rings. The minimum absolute atomic E-state index is 0.360. The van der Waals surface area contributed by atoms with Crippen LogP contribution < -0.4 is 4.74 Å². The van der Waals surface area contributed by atoms with E-state index >= 15 is 0 Å². The molecule has 2 aliphatic heterocycles. The fourth-order valence-electron chi connectivity index (χ4n) is 5.37. The van der Waals surface area contributed by atoms with E-state index in [4.69, 9.17) is 14.7 Å². The molecule has 3 aromatic carbocycles. The molecule has 0 atom stereocenters. The molecular weight excluding hydrogens is 450 g/mol. The number of H-pyrrole nitrogens is 1. The maximum atomic E-state index is 6.16. The number of aromatic nitrogens is 2. The highest BCUT2D eigenvalue weighted by atomic mass is 32.1. The van der Waals surface area contributed by atoms with Crippen molar-refractivity contribution >= 4 is 43.6 Å². The lowest BCUT2D eigenvalue weighted by Gasteiger charge is -2.18. The molecule has 0 spiro atoms. The summed E-state index contributed by atoms with van der Waals surface area (Å²) in [4.78, 5) is 13.4. The van der Waals surface area contributed by atoms with Crippen molar-refractivity contribution in [1.29, 1.82) is 0 Å². The van der Waals surface area contributed by atoms with Crippen molar-refractivity contribution in [2.45, 2.75) is 46.6 Å². The summed E-state index contributed by atoms with van der Waals surface area (Å²) in [6, 6.07) is 15.6. The fourth-order valence-corrected chi connectivity index (χ4v) is 6.30. The Hall–Kier alpha value is -3.44. The Balaban J connectivity index is 1.35. The van der Waals surface area contributed by atoms with Crippen LogP contribution in [0, 0.1) is 5.92 Å². The molecule has 0 saturated carbocycles. The molecule has 2 aliphatic rings. The van der Waals surface area contributed by atoms with Gasteiger partial charge in [0.05, 0.1) is 17.1 Å². The predicted octanol–water partition coefficient (Wildman–Crippen LogP) is 8.41. The number of nitrogens with zero attached hydrogens (tertiary/aromatic N) is 2. The van der Waals surface area contributed by atoms with Crippen LogP contribution >= 0.6 is 11.3 Å². The largest absolute Gasteiger partial charge is 0.487 e. The summed E-state index contributed by atoms with van der Waals surface area (Å²) in [5.41, 5.74) is 9.37. The van der Waals surface area contributed by atoms with Crippen molar-refractivity contribution in [3.05, 3.63) is 64.9 Å². The maximum Gasteiger partial charge on any atom is 0.130 e. The van der Waals surface area contributed by atoms with Crippen LogP contribution in [0.1, 0.15) is 50.7 Å². The van der Waals surface area contributed by atoms with Crippen molar-refractivity contribution in [3.63, 3.8) is 0 Å². The number of aliphatic imine (C=N–C) groups is 1. The van der Waals surface area contributed by atoms with Gasteiger partial charge in [0.25, 0.3) is 0 Å². The highest BCUT2D eigenvalue weighted by Gasteiger charge is 2.25. The maximum absolute atomic E-state index is 6.16. The van der Waals surface area contributed by atoms with Gasteiger partial charge in [-0.1, -0.05) is 45.9 Å². The SMILES string of the molecule is CC(C)C1=Nc2c(c3ccc(-c4ccc5c(c4)OCc4[nH]c(C(C)C)nc4-5)cc3c3sccc23)C1. The molecule has 35 heavy (non-hydrogen) atoms. The standard InChI is InChI=1S/C30H27N3OS/c1-15(2)24-13-22-19-7-5-17(11-23(19)29-21(9-10-35-29)27(22)31-24)18-6-8-20-26(12-18)34-14-25-28(20)33-30(32-25)16(3)4/h5-12,15-16H,13-14H2,1-4H3,(H,32,33). The van der Waals surface area contributed by atoms with E-state index in [0.29, 0.717) is 18.4 Å². The zero-order valence-corrected chi connectivity index (χ0v) is 21.2. The van der Waals surface area contributed by atoms with Crippen LogP contribution in [0.2, 0.25) is 0 Å². The van der Waals surface area contributed by atoms with Crippen molar-refractivity contribution in [2.24, 2.45) is 10.9 Å². The number of hydrogen-bond donors (Lipinski definition) is 1. The molecule has 1 N–H and O–H groups in total. The van der Waals surface area contributed by atoms with E-state index in [1.54, 1.807) is 0 Å². The van der Waals surface area contributed by atoms with Crippen LogP contribution in [0.15, 0.2) is 52.8 Å². The molecule has 4 nitrogen and oxygen atoms in total. The molecule has 4 heterocycles. The average molecular weight is 478 g/mol. The number of imidazole rings is 1. The van der Waals surface area contributed by atoms with Crippen LogP contribution in [0.4, 0.5) is 5.69 Å². The quantitative estimate of drug-likeness (QED) is 0.283. The van der Waals surface area contributed by atoms with E-state index in [0.717, 1.165) is 40.5 Å². The molecule has 0 unspecified atom stereocenters. The highest BCUT2D eigenvalue weighted by molar-refractivity contribution is 7.18. The van der Waals surface area contributed by atoms with Gasteiger partial charge in [-0.25, -0.2) is 4.98 Å². The number of nitrogens with one attached hydrogen (secondary N) is 1. The molecule has 0 radical (unpaired) electrons. The topological polar surface area (TPSA) is 50.3 Å². The molecule has 7 rings (SSSR count). The van der Waals surface area contributed by atoms with E-state index in [2.05, 4.69) is 80.5 Å². The Bertz CT molecular complexity index is 1690. The van der Waals surface area contributed by atoms with Gasteiger partial charge >= 0.3 is 0 Å². The Kier molecular flexibility index (Phi) is 4.49. The number of rotatable bonds is 3. The van der Waals surface area contributed by atoms with Gasteiger partial charge in [-0.15, -0.1) is 11.3 Å². The summed E-state index contributed by atoms with van der Waals surface area (Å²) in [5, 5.41) is 6.13. The molecular formula is C30H27N3OS. The lowest BCUT2D eigenvalue weighted by Crippen LogP contribution is -2.06. The van der Waals surface area contributed by atoms with Gasteiger partial charge in [0.15, 0.2) is 0 Å². The molecule has 0 bridgehead atoms. The lowest BCUT2D eigenvalue weighted by atomic mass is 9.93. The van der Waals surface area contributed by atoms with Crippen LogP contribution in [-0.4, -0.2) is 15.7 Å². The zero-order valence-electron chi connectivity index (χ0n) is 20.4. The third-order valence-electron chi connectivity index (χ3n) is 7.36. The van der Waals surface area contributed by atoms with Gasteiger partial charge in [0, 0.05) is 39.1 Å². The number of aromatic amines is 1. The number of thiophene rings is 1. The van der Waals surface area contributed by atoms with Crippen LogP contribution in [0.25, 0.3) is 43.2 Å². The smallest absolute Gasteiger partial charge is 0.130 e. The summed E-state index contributed by atoms with van der Waals surface area (Å²) in [7, 11) is 0. The van der Waals surface area contributed by atoms with Gasteiger partial charge in [0.1, 0.15) is 18.2 Å². The monoisotopic (exact) mass is 477 g/mol. The second-order valence-electron chi connectivity index (χ2n) is 10.3. The first kappa shape index (κ1) is 20.9. The number of benzene rings is 3. The van der Waals surface area contributed by atoms with E-state index in [-0.39, 0.29) is 0 Å². The van der Waals surface area contributed by atoms with E-state index < -0.39 is 0 Å². The fraction of sp³-hybridized carbons (Fsp3) is 0.267. The Morgan fingerprint density at radius 1 is 0.914 bits per heavy atom. The third kappa shape index (κ3) is 3.11. The summed E-state index contributed by atoms with van der Waals surface area (Å²) in [6.07, 6.45) is 0.950. The van der Waals surface area contributed by atoms with Crippen LogP contribution in [0.3, 0.4) is 0 Å². The van der Waals surface area contributed by atoms with Crippen molar-refractivity contribution in [1.82, 2.24) is 9.97 Å². The van der Waals surface area contributed by atoms with Gasteiger partial charge in [0.2, 0.25) is 0 Å².